The molecule has 0 N–H and O–H groups in total. The standard InChI is InChI=1S/C13H27/c1-4-6-7-8-9-10-11-12-13(3)5-2/h12-13H,4-11H2,1-3H3. The first kappa shape index (κ1) is 13.0. The Morgan fingerprint density at radius 3 is 2.15 bits per heavy atom. The first-order valence-electron chi connectivity index (χ1n) is 6.14. The van der Waals surface area contributed by atoms with Crippen LogP contribution < -0.4 is 0 Å². The predicted molar refractivity (Wildman–Crippen MR) is 61.7 cm³/mol. The Morgan fingerprint density at radius 1 is 0.923 bits per heavy atom. The molecule has 0 heteroatoms. The molecule has 0 aromatic rings. The highest BCUT2D eigenvalue weighted by atomic mass is 14.0. The lowest BCUT2D eigenvalue weighted by Gasteiger charge is -2.06. The van der Waals surface area contributed by atoms with E-state index in [2.05, 4.69) is 27.2 Å². The van der Waals surface area contributed by atoms with E-state index < -0.39 is 0 Å². The largest absolute Gasteiger partial charge is 0.0654 e. The van der Waals surface area contributed by atoms with Gasteiger partial charge in [0, 0.05) is 0 Å². The fraction of sp³-hybridized carbons (Fsp3) is 0.923. The van der Waals surface area contributed by atoms with Crippen LogP contribution in [-0.2, 0) is 0 Å². The molecule has 13 heavy (non-hydrogen) atoms. The van der Waals surface area contributed by atoms with Crippen LogP contribution in [0.25, 0.3) is 0 Å². The van der Waals surface area contributed by atoms with Gasteiger partial charge in [0.25, 0.3) is 0 Å². The SMILES string of the molecule is CCCCCCCC[CH]C(C)CC. The van der Waals surface area contributed by atoms with Crippen molar-refractivity contribution in [3.8, 4) is 0 Å². The minimum absolute atomic E-state index is 0.829. The molecule has 0 spiro atoms. The van der Waals surface area contributed by atoms with E-state index in [-0.39, 0.29) is 0 Å². The van der Waals surface area contributed by atoms with Crippen LogP contribution in [0.4, 0.5) is 0 Å². The van der Waals surface area contributed by atoms with Gasteiger partial charge in [-0.1, -0.05) is 65.7 Å². The quantitative estimate of drug-likeness (QED) is 0.442. The molecule has 0 saturated heterocycles. The van der Waals surface area contributed by atoms with E-state index in [1.54, 1.807) is 0 Å². The Kier molecular flexibility index (Phi) is 10.1. The van der Waals surface area contributed by atoms with E-state index in [0.717, 1.165) is 5.92 Å². The first-order valence-corrected chi connectivity index (χ1v) is 6.14. The normalized spacial score (nSPS) is 13.2. The average Bonchev–Trinajstić information content (AvgIpc) is 2.16. The molecule has 0 aliphatic rings. The van der Waals surface area contributed by atoms with E-state index in [4.69, 9.17) is 0 Å². The summed E-state index contributed by atoms with van der Waals surface area (Å²) < 4.78 is 0. The van der Waals surface area contributed by atoms with Gasteiger partial charge >= 0.3 is 0 Å². The Hall–Kier alpha value is 0. The lowest BCUT2D eigenvalue weighted by atomic mass is 10.00. The van der Waals surface area contributed by atoms with Crippen molar-refractivity contribution in [1.82, 2.24) is 0 Å². The molecule has 1 unspecified atom stereocenters. The Balaban J connectivity index is 2.91. The molecule has 79 valence electrons. The Bertz CT molecular complexity index is 86.0. The van der Waals surface area contributed by atoms with Gasteiger partial charge in [0.05, 0.1) is 0 Å². The van der Waals surface area contributed by atoms with Crippen molar-refractivity contribution in [2.75, 3.05) is 0 Å². The van der Waals surface area contributed by atoms with Crippen LogP contribution in [0.2, 0.25) is 0 Å². The second kappa shape index (κ2) is 10.1. The summed E-state index contributed by atoms with van der Waals surface area (Å²) in [5.41, 5.74) is 0. The summed E-state index contributed by atoms with van der Waals surface area (Å²) in [5.74, 6) is 0.829. The summed E-state index contributed by atoms with van der Waals surface area (Å²) in [7, 11) is 0. The van der Waals surface area contributed by atoms with Crippen molar-refractivity contribution in [2.24, 2.45) is 5.92 Å². The van der Waals surface area contributed by atoms with Gasteiger partial charge in [-0.2, -0.15) is 0 Å². The van der Waals surface area contributed by atoms with Crippen molar-refractivity contribution in [3.63, 3.8) is 0 Å². The second-order valence-corrected chi connectivity index (χ2v) is 4.18. The van der Waals surface area contributed by atoms with Gasteiger partial charge in [-0.3, -0.25) is 0 Å². The van der Waals surface area contributed by atoms with Crippen LogP contribution in [-0.4, -0.2) is 0 Å². The molecule has 1 radical (unpaired) electrons. The molecular weight excluding hydrogens is 156 g/mol. The summed E-state index contributed by atoms with van der Waals surface area (Å²) >= 11 is 0. The summed E-state index contributed by atoms with van der Waals surface area (Å²) in [6.45, 7) is 6.86. The van der Waals surface area contributed by atoms with Crippen LogP contribution in [0.1, 0.15) is 72.1 Å². The monoisotopic (exact) mass is 183 g/mol. The predicted octanol–water partition coefficient (Wildman–Crippen LogP) is 4.99. The third kappa shape index (κ3) is 9.92. The van der Waals surface area contributed by atoms with E-state index >= 15 is 0 Å². The number of hydrogen-bond donors (Lipinski definition) is 0. The summed E-state index contributed by atoms with van der Waals surface area (Å²) in [5, 5.41) is 0. The molecule has 0 amide bonds. The van der Waals surface area contributed by atoms with Crippen molar-refractivity contribution >= 4 is 0 Å². The van der Waals surface area contributed by atoms with Gasteiger partial charge in [0.15, 0.2) is 0 Å². The molecule has 0 bridgehead atoms. The maximum atomic E-state index is 2.49. The maximum Gasteiger partial charge on any atom is -0.0358 e. The lowest BCUT2D eigenvalue weighted by Crippen LogP contribution is -1.92. The minimum Gasteiger partial charge on any atom is -0.0654 e. The third-order valence-electron chi connectivity index (χ3n) is 2.77. The summed E-state index contributed by atoms with van der Waals surface area (Å²) in [6, 6.07) is 0. The molecule has 0 fully saturated rings. The summed E-state index contributed by atoms with van der Waals surface area (Å²) in [4.78, 5) is 0. The maximum absolute atomic E-state index is 2.49. The van der Waals surface area contributed by atoms with Crippen molar-refractivity contribution in [1.29, 1.82) is 0 Å². The molecule has 0 aliphatic heterocycles. The highest BCUT2D eigenvalue weighted by molar-refractivity contribution is 4.70. The van der Waals surface area contributed by atoms with Crippen LogP contribution in [0.3, 0.4) is 0 Å². The molecule has 0 nitrogen and oxygen atoms in total. The highest BCUT2D eigenvalue weighted by Gasteiger charge is 1.97. The molecule has 0 saturated carbocycles. The summed E-state index contributed by atoms with van der Waals surface area (Å²) in [6.07, 6.45) is 13.6. The molecule has 0 heterocycles. The van der Waals surface area contributed by atoms with Gasteiger partial charge in [-0.25, -0.2) is 0 Å². The van der Waals surface area contributed by atoms with Gasteiger partial charge in [-0.15, -0.1) is 0 Å². The van der Waals surface area contributed by atoms with E-state index in [9.17, 15) is 0 Å². The zero-order chi connectivity index (χ0) is 9.94. The van der Waals surface area contributed by atoms with Crippen LogP contribution >= 0.6 is 0 Å². The fourth-order valence-electron chi connectivity index (χ4n) is 1.49. The minimum atomic E-state index is 0.829. The molecule has 0 aromatic heterocycles. The van der Waals surface area contributed by atoms with Crippen molar-refractivity contribution < 1.29 is 0 Å². The molecular formula is C13H27. The molecule has 1 atom stereocenters. The zero-order valence-electron chi connectivity index (χ0n) is 9.81. The molecule has 0 aliphatic carbocycles. The van der Waals surface area contributed by atoms with Crippen LogP contribution in [0, 0.1) is 12.3 Å². The van der Waals surface area contributed by atoms with Gasteiger partial charge < -0.3 is 0 Å². The number of rotatable bonds is 9. The van der Waals surface area contributed by atoms with E-state index in [0.29, 0.717) is 0 Å². The Labute approximate surface area is 85.1 Å². The molecule has 0 aromatic carbocycles. The van der Waals surface area contributed by atoms with Gasteiger partial charge in [-0.05, 0) is 18.8 Å². The second-order valence-electron chi connectivity index (χ2n) is 4.18. The zero-order valence-corrected chi connectivity index (χ0v) is 9.81. The van der Waals surface area contributed by atoms with E-state index in [1.165, 1.54) is 51.4 Å². The van der Waals surface area contributed by atoms with E-state index in [1.807, 2.05) is 0 Å². The average molecular weight is 183 g/mol. The van der Waals surface area contributed by atoms with Crippen molar-refractivity contribution in [2.45, 2.75) is 72.1 Å². The first-order chi connectivity index (χ1) is 6.31. The Morgan fingerprint density at radius 2 is 1.54 bits per heavy atom. The van der Waals surface area contributed by atoms with Crippen molar-refractivity contribution in [3.05, 3.63) is 6.42 Å². The molecule has 0 rings (SSSR count). The number of unbranched alkanes of at least 4 members (excludes halogenated alkanes) is 6. The van der Waals surface area contributed by atoms with Crippen LogP contribution in [0.15, 0.2) is 0 Å². The smallest absolute Gasteiger partial charge is 0.0358 e. The lowest BCUT2D eigenvalue weighted by molar-refractivity contribution is 0.564. The fourth-order valence-corrected chi connectivity index (χ4v) is 1.49. The van der Waals surface area contributed by atoms with Crippen LogP contribution in [0.5, 0.6) is 0 Å². The van der Waals surface area contributed by atoms with Gasteiger partial charge in [0.1, 0.15) is 0 Å². The topological polar surface area (TPSA) is 0 Å². The van der Waals surface area contributed by atoms with Gasteiger partial charge in [0.2, 0.25) is 0 Å². The third-order valence-corrected chi connectivity index (χ3v) is 2.77. The number of hydrogen-bond acceptors (Lipinski definition) is 0. The highest BCUT2D eigenvalue weighted by Crippen LogP contribution is 2.13.